The fourth-order valence-electron chi connectivity index (χ4n) is 5.03. The maximum atomic E-state index is 12.9. The topological polar surface area (TPSA) is 134 Å². The molecule has 0 aliphatic heterocycles. The predicted octanol–water partition coefficient (Wildman–Crippen LogP) is 7.23. The van der Waals surface area contributed by atoms with Crippen molar-refractivity contribution in [1.29, 1.82) is 0 Å². The zero-order chi connectivity index (χ0) is 37.4. The summed E-state index contributed by atoms with van der Waals surface area (Å²) in [5, 5.41) is 2.46. The van der Waals surface area contributed by atoms with Gasteiger partial charge in [-0.1, -0.05) is 90.1 Å². The molecule has 0 amide bonds. The van der Waals surface area contributed by atoms with E-state index in [4.69, 9.17) is 23.2 Å². The fraction of sp³-hybridized carbons (Fsp3) is 0.353. The molecule has 0 saturated heterocycles. The number of unbranched alkanes of at least 4 members (excludes halogenated alkanes) is 2. The Hall–Kier alpha value is -3.24. The third-order valence-corrected chi connectivity index (χ3v) is 10.2. The van der Waals surface area contributed by atoms with E-state index in [1.54, 1.807) is 47.5 Å². The maximum Gasteiger partial charge on any atom is 0.332 e. The molecule has 0 fully saturated rings. The molecule has 12 nitrogen and oxygen atoms in total. The van der Waals surface area contributed by atoms with Crippen LogP contribution in [0.25, 0.3) is 22.3 Å². The van der Waals surface area contributed by atoms with E-state index in [0.717, 1.165) is 29.3 Å². The number of aromatic nitrogens is 8. The Morgan fingerprint density at radius 2 is 1.16 bits per heavy atom. The van der Waals surface area contributed by atoms with Crippen LogP contribution >= 0.6 is 71.0 Å². The number of fused-ring (bicyclic) bond motifs is 2. The van der Waals surface area contributed by atoms with Gasteiger partial charge in [-0.25, -0.2) is 19.6 Å². The number of nitrogens with zero attached hydrogens (tertiary/aromatic N) is 7. The van der Waals surface area contributed by atoms with E-state index < -0.39 is 11.2 Å². The highest BCUT2D eigenvalue weighted by Gasteiger charge is 2.19. The summed E-state index contributed by atoms with van der Waals surface area (Å²) in [4.78, 5) is 60.0. The van der Waals surface area contributed by atoms with E-state index in [9.17, 15) is 19.2 Å². The van der Waals surface area contributed by atoms with Gasteiger partial charge in [0.1, 0.15) is 0 Å². The Labute approximate surface area is 328 Å². The van der Waals surface area contributed by atoms with Crippen molar-refractivity contribution in [2.24, 2.45) is 14.1 Å². The highest BCUT2D eigenvalue weighted by molar-refractivity contribution is 9.10. The molecule has 2 aromatic carbocycles. The van der Waals surface area contributed by atoms with Crippen LogP contribution in [0, 0.1) is 0 Å². The Balaban J connectivity index is 0.000000204. The van der Waals surface area contributed by atoms with Crippen molar-refractivity contribution in [2.75, 3.05) is 5.33 Å². The normalized spacial score (nSPS) is 11.0. The van der Waals surface area contributed by atoms with Gasteiger partial charge in [-0.3, -0.25) is 28.3 Å². The van der Waals surface area contributed by atoms with Gasteiger partial charge in [0.05, 0.1) is 13.1 Å². The first kappa shape index (κ1) is 40.5. The first-order valence-corrected chi connectivity index (χ1v) is 19.5. The number of rotatable bonds is 9. The van der Waals surface area contributed by atoms with Gasteiger partial charge in [0.25, 0.3) is 11.1 Å². The standard InChI is InChI=1S/C17H18BrClN4O2.C13H10BrClN4O2.C4H9Br/c1-3-4-9-22-15(24)13-14(21(2)17(22)25)20-16(18)23(13)10-11-5-7-12(19)8-6-11;1-18-10-9(11(20)17-13(18)21)19(12(14)16-10)6-7-2-4-8(15)5-3-7;1-2-3-4-5/h5-8H,3-4,9-10H2,1-2H3;2-5H,6H2,1H3,(H,17,20,21);2-4H2,1H3. The van der Waals surface area contributed by atoms with Crippen LogP contribution in [0.4, 0.5) is 0 Å². The largest absolute Gasteiger partial charge is 0.332 e. The molecule has 0 unspecified atom stereocenters. The lowest BCUT2D eigenvalue weighted by Gasteiger charge is -2.10. The summed E-state index contributed by atoms with van der Waals surface area (Å²) in [5.74, 6) is 0. The second-order valence-electron chi connectivity index (χ2n) is 11.5. The molecule has 0 saturated carbocycles. The Kier molecular flexibility index (Phi) is 14.7. The van der Waals surface area contributed by atoms with E-state index in [1.807, 2.05) is 31.2 Å². The number of aryl methyl sites for hydroxylation is 2. The SMILES string of the molecule is CCCCBr.CCCCn1c(=O)c2c(nc(Br)n2Cc2ccc(Cl)cc2)n(C)c1=O.Cn1c(=O)[nH]c(=O)c2c1nc(Br)n2Cc1ccc(Cl)cc1. The molecular weight excluding hydrogens is 895 g/mol. The van der Waals surface area contributed by atoms with E-state index in [-0.39, 0.29) is 11.2 Å². The van der Waals surface area contributed by atoms with Gasteiger partial charge < -0.3 is 9.13 Å². The summed E-state index contributed by atoms with van der Waals surface area (Å²) in [5.41, 5.74) is 1.84. The number of nitrogens with one attached hydrogen (secondary N) is 1. The molecule has 0 atom stereocenters. The fourth-order valence-corrected chi connectivity index (χ4v) is 6.79. The lowest BCUT2D eigenvalue weighted by atomic mass is 10.2. The van der Waals surface area contributed by atoms with Crippen molar-refractivity contribution >= 4 is 93.3 Å². The summed E-state index contributed by atoms with van der Waals surface area (Å²) in [6.45, 7) is 5.50. The third-order valence-electron chi connectivity index (χ3n) is 7.88. The molecule has 0 bridgehead atoms. The van der Waals surface area contributed by atoms with Crippen molar-refractivity contribution in [2.45, 2.75) is 59.2 Å². The van der Waals surface area contributed by atoms with Crippen LogP contribution in [0.15, 0.2) is 77.2 Å². The Morgan fingerprint density at radius 1 is 0.686 bits per heavy atom. The van der Waals surface area contributed by atoms with Crippen LogP contribution < -0.4 is 22.5 Å². The lowest BCUT2D eigenvalue weighted by Crippen LogP contribution is -2.39. The summed E-state index contributed by atoms with van der Waals surface area (Å²) in [6.07, 6.45) is 4.28. The summed E-state index contributed by atoms with van der Waals surface area (Å²) in [6, 6.07) is 14.7. The molecule has 4 heterocycles. The highest BCUT2D eigenvalue weighted by Crippen LogP contribution is 2.21. The molecule has 4 aromatic heterocycles. The van der Waals surface area contributed by atoms with Crippen molar-refractivity contribution in [1.82, 2.24) is 37.8 Å². The van der Waals surface area contributed by atoms with Gasteiger partial charge >= 0.3 is 11.4 Å². The molecular formula is C34H37Br3Cl2N8O4. The number of halogens is 5. The number of H-pyrrole nitrogens is 1. The van der Waals surface area contributed by atoms with Crippen molar-refractivity contribution in [3.05, 3.63) is 121 Å². The number of alkyl halides is 1. The number of benzene rings is 2. The Morgan fingerprint density at radius 3 is 1.61 bits per heavy atom. The second kappa shape index (κ2) is 18.5. The molecule has 0 spiro atoms. The van der Waals surface area contributed by atoms with Crippen LogP contribution in [0.1, 0.15) is 50.7 Å². The highest BCUT2D eigenvalue weighted by atomic mass is 79.9. The summed E-state index contributed by atoms with van der Waals surface area (Å²) in [7, 11) is 3.20. The number of aromatic amines is 1. The predicted molar refractivity (Wildman–Crippen MR) is 215 cm³/mol. The summed E-state index contributed by atoms with van der Waals surface area (Å²) < 4.78 is 8.50. The van der Waals surface area contributed by atoms with E-state index in [1.165, 1.54) is 26.5 Å². The quantitative estimate of drug-likeness (QED) is 0.120. The molecule has 6 rings (SSSR count). The first-order valence-electron chi connectivity index (χ1n) is 16.1. The van der Waals surface area contributed by atoms with Crippen LogP contribution in [0.2, 0.25) is 10.0 Å². The number of hydrogen-bond donors (Lipinski definition) is 1. The average Bonchev–Trinajstić information content (AvgIpc) is 3.61. The minimum atomic E-state index is -0.490. The van der Waals surface area contributed by atoms with E-state index in [0.29, 0.717) is 61.5 Å². The van der Waals surface area contributed by atoms with Crippen molar-refractivity contribution in [3.8, 4) is 0 Å². The van der Waals surface area contributed by atoms with E-state index >= 15 is 0 Å². The molecule has 6 aromatic rings. The van der Waals surface area contributed by atoms with Gasteiger partial charge in [-0.05, 0) is 80.1 Å². The van der Waals surface area contributed by atoms with Crippen LogP contribution in [0.5, 0.6) is 0 Å². The molecule has 0 aliphatic carbocycles. The first-order chi connectivity index (χ1) is 24.3. The van der Waals surface area contributed by atoms with Crippen LogP contribution in [-0.2, 0) is 33.7 Å². The minimum absolute atomic E-state index is 0.307. The molecule has 17 heteroatoms. The van der Waals surface area contributed by atoms with E-state index in [2.05, 4.69) is 69.7 Å². The zero-order valence-corrected chi connectivity index (χ0v) is 34.7. The Bertz CT molecular complexity index is 2360. The van der Waals surface area contributed by atoms with Crippen LogP contribution in [0.3, 0.4) is 0 Å². The second-order valence-corrected chi connectivity index (χ2v) is 14.6. The molecule has 51 heavy (non-hydrogen) atoms. The number of imidazole rings is 2. The van der Waals surface area contributed by atoms with Gasteiger partial charge in [0.2, 0.25) is 0 Å². The van der Waals surface area contributed by atoms with Gasteiger partial charge in [-0.2, -0.15) is 0 Å². The smallest absolute Gasteiger partial charge is 0.308 e. The molecule has 0 aliphatic rings. The molecule has 0 radical (unpaired) electrons. The minimum Gasteiger partial charge on any atom is -0.308 e. The maximum absolute atomic E-state index is 12.9. The van der Waals surface area contributed by atoms with Crippen molar-refractivity contribution in [3.63, 3.8) is 0 Å². The molecule has 272 valence electrons. The third kappa shape index (κ3) is 9.60. The van der Waals surface area contributed by atoms with Crippen LogP contribution in [-0.4, -0.2) is 43.1 Å². The monoisotopic (exact) mass is 928 g/mol. The summed E-state index contributed by atoms with van der Waals surface area (Å²) >= 11 is 21.9. The molecule has 1 N–H and O–H groups in total. The lowest BCUT2D eigenvalue weighted by molar-refractivity contribution is 0.565. The van der Waals surface area contributed by atoms with Gasteiger partial charge in [0.15, 0.2) is 31.8 Å². The van der Waals surface area contributed by atoms with Crippen molar-refractivity contribution < 1.29 is 0 Å². The van der Waals surface area contributed by atoms with Gasteiger partial charge in [0, 0.05) is 36.0 Å². The average molecular weight is 932 g/mol. The zero-order valence-electron chi connectivity index (χ0n) is 28.4. The number of hydrogen-bond acceptors (Lipinski definition) is 6. The van der Waals surface area contributed by atoms with Gasteiger partial charge in [-0.15, -0.1) is 0 Å².